The Balaban J connectivity index is 1.87. The molecular weight excluding hydrogens is 284 g/mol. The second kappa shape index (κ2) is 7.68. The summed E-state index contributed by atoms with van der Waals surface area (Å²) in [5, 5.41) is 2.94. The van der Waals surface area contributed by atoms with Gasteiger partial charge in [0, 0.05) is 6.04 Å². The van der Waals surface area contributed by atoms with Gasteiger partial charge < -0.3 is 20.5 Å². The Morgan fingerprint density at radius 1 is 1.32 bits per heavy atom. The lowest BCUT2D eigenvalue weighted by atomic mass is 10.2. The number of benzene rings is 1. The van der Waals surface area contributed by atoms with Crippen molar-refractivity contribution in [3.63, 3.8) is 0 Å². The maximum atomic E-state index is 11.8. The van der Waals surface area contributed by atoms with Crippen LogP contribution in [0.1, 0.15) is 43.0 Å². The summed E-state index contributed by atoms with van der Waals surface area (Å²) in [6.45, 7) is 1.96. The first-order valence-corrected chi connectivity index (χ1v) is 7.59. The van der Waals surface area contributed by atoms with Gasteiger partial charge in [-0.3, -0.25) is 4.79 Å². The van der Waals surface area contributed by atoms with E-state index in [0.29, 0.717) is 23.6 Å². The van der Waals surface area contributed by atoms with Crippen molar-refractivity contribution in [3.05, 3.63) is 23.8 Å². The number of nitrogen functional groups attached to an aromatic ring is 1. The SMILES string of the molecule is CCOC(=O)c1ccc(OCC(=O)NC2CCCC2)c(N)c1. The smallest absolute Gasteiger partial charge is 0.338 e. The molecule has 0 saturated heterocycles. The van der Waals surface area contributed by atoms with Gasteiger partial charge in [0.25, 0.3) is 5.91 Å². The zero-order chi connectivity index (χ0) is 15.9. The number of rotatable bonds is 6. The predicted octanol–water partition coefficient (Wildman–Crippen LogP) is 1.88. The highest BCUT2D eigenvalue weighted by Gasteiger charge is 2.17. The number of nitrogens with one attached hydrogen (secondary N) is 1. The van der Waals surface area contributed by atoms with E-state index >= 15 is 0 Å². The van der Waals surface area contributed by atoms with Gasteiger partial charge in [0.2, 0.25) is 0 Å². The zero-order valence-corrected chi connectivity index (χ0v) is 12.8. The molecule has 1 fully saturated rings. The minimum absolute atomic E-state index is 0.0839. The molecule has 0 spiro atoms. The van der Waals surface area contributed by atoms with E-state index < -0.39 is 5.97 Å². The second-order valence-electron chi connectivity index (χ2n) is 5.31. The molecule has 6 nitrogen and oxygen atoms in total. The Hall–Kier alpha value is -2.24. The van der Waals surface area contributed by atoms with Crippen molar-refractivity contribution in [3.8, 4) is 5.75 Å². The number of carbonyl (C=O) groups is 2. The molecule has 1 aliphatic rings. The third-order valence-electron chi connectivity index (χ3n) is 3.60. The van der Waals surface area contributed by atoms with Crippen LogP contribution in [0.15, 0.2) is 18.2 Å². The van der Waals surface area contributed by atoms with Gasteiger partial charge in [0.1, 0.15) is 5.75 Å². The van der Waals surface area contributed by atoms with Crippen molar-refractivity contribution in [2.45, 2.75) is 38.6 Å². The summed E-state index contributed by atoms with van der Waals surface area (Å²) in [5.74, 6) is -0.199. The van der Waals surface area contributed by atoms with Crippen LogP contribution in [-0.4, -0.2) is 31.1 Å². The normalized spacial score (nSPS) is 14.6. The first kappa shape index (κ1) is 16.1. The van der Waals surface area contributed by atoms with Crippen LogP contribution in [0.4, 0.5) is 5.69 Å². The molecule has 1 aromatic carbocycles. The molecule has 1 amide bonds. The molecule has 0 unspecified atom stereocenters. The van der Waals surface area contributed by atoms with Crippen molar-refractivity contribution in [1.29, 1.82) is 0 Å². The third kappa shape index (κ3) is 4.38. The Morgan fingerprint density at radius 2 is 2.05 bits per heavy atom. The fraction of sp³-hybridized carbons (Fsp3) is 0.500. The van der Waals surface area contributed by atoms with Gasteiger partial charge >= 0.3 is 5.97 Å². The lowest BCUT2D eigenvalue weighted by Gasteiger charge is -2.13. The highest BCUT2D eigenvalue weighted by molar-refractivity contribution is 5.91. The molecule has 0 bridgehead atoms. The van der Waals surface area contributed by atoms with Crippen molar-refractivity contribution in [2.75, 3.05) is 18.9 Å². The van der Waals surface area contributed by atoms with E-state index in [1.54, 1.807) is 19.1 Å². The van der Waals surface area contributed by atoms with Gasteiger partial charge in [-0.25, -0.2) is 4.79 Å². The van der Waals surface area contributed by atoms with Crippen LogP contribution in [0.25, 0.3) is 0 Å². The molecule has 1 aromatic rings. The zero-order valence-electron chi connectivity index (χ0n) is 12.8. The van der Waals surface area contributed by atoms with Gasteiger partial charge in [0.15, 0.2) is 6.61 Å². The van der Waals surface area contributed by atoms with E-state index in [-0.39, 0.29) is 18.6 Å². The Bertz CT molecular complexity index is 539. The van der Waals surface area contributed by atoms with E-state index in [1.165, 1.54) is 6.07 Å². The van der Waals surface area contributed by atoms with E-state index in [4.69, 9.17) is 15.2 Å². The average molecular weight is 306 g/mol. The molecule has 3 N–H and O–H groups in total. The molecule has 2 rings (SSSR count). The molecule has 120 valence electrons. The van der Waals surface area contributed by atoms with Crippen LogP contribution in [0.3, 0.4) is 0 Å². The van der Waals surface area contributed by atoms with Crippen molar-refractivity contribution >= 4 is 17.6 Å². The summed E-state index contributed by atoms with van der Waals surface area (Å²) in [6.07, 6.45) is 4.38. The Morgan fingerprint density at radius 3 is 2.68 bits per heavy atom. The molecule has 0 heterocycles. The number of hydrogen-bond acceptors (Lipinski definition) is 5. The van der Waals surface area contributed by atoms with E-state index in [2.05, 4.69) is 5.32 Å². The topological polar surface area (TPSA) is 90.6 Å². The number of amides is 1. The molecule has 0 aromatic heterocycles. The lowest BCUT2D eigenvalue weighted by Crippen LogP contribution is -2.36. The number of ether oxygens (including phenoxy) is 2. The van der Waals surface area contributed by atoms with Crippen LogP contribution in [0, 0.1) is 0 Å². The highest BCUT2D eigenvalue weighted by Crippen LogP contribution is 2.23. The van der Waals surface area contributed by atoms with Crippen molar-refractivity contribution < 1.29 is 19.1 Å². The van der Waals surface area contributed by atoms with Crippen LogP contribution in [0.5, 0.6) is 5.75 Å². The number of carbonyl (C=O) groups excluding carboxylic acids is 2. The van der Waals surface area contributed by atoms with Crippen molar-refractivity contribution in [2.24, 2.45) is 0 Å². The van der Waals surface area contributed by atoms with Gasteiger partial charge in [-0.2, -0.15) is 0 Å². The second-order valence-corrected chi connectivity index (χ2v) is 5.31. The predicted molar refractivity (Wildman–Crippen MR) is 82.7 cm³/mol. The number of anilines is 1. The fourth-order valence-corrected chi connectivity index (χ4v) is 2.50. The standard InChI is InChI=1S/C16H22N2O4/c1-2-21-16(20)11-7-8-14(13(17)9-11)22-10-15(19)18-12-5-3-4-6-12/h7-9,12H,2-6,10,17H2,1H3,(H,18,19). The molecule has 6 heteroatoms. The van der Waals surface area contributed by atoms with Crippen LogP contribution in [-0.2, 0) is 9.53 Å². The van der Waals surface area contributed by atoms with Gasteiger partial charge in [-0.05, 0) is 38.0 Å². The molecule has 0 atom stereocenters. The summed E-state index contributed by atoms with van der Waals surface area (Å²) in [6, 6.07) is 4.89. The van der Waals surface area contributed by atoms with Gasteiger partial charge in [-0.15, -0.1) is 0 Å². The molecule has 1 saturated carbocycles. The molecule has 0 aliphatic heterocycles. The third-order valence-corrected chi connectivity index (χ3v) is 3.60. The summed E-state index contributed by atoms with van der Waals surface area (Å²) >= 11 is 0. The molecule has 22 heavy (non-hydrogen) atoms. The average Bonchev–Trinajstić information content (AvgIpc) is 2.99. The lowest BCUT2D eigenvalue weighted by molar-refractivity contribution is -0.123. The minimum Gasteiger partial charge on any atom is -0.482 e. The van der Waals surface area contributed by atoms with Crippen LogP contribution >= 0.6 is 0 Å². The van der Waals surface area contributed by atoms with E-state index in [9.17, 15) is 9.59 Å². The fourth-order valence-electron chi connectivity index (χ4n) is 2.50. The summed E-state index contributed by atoms with van der Waals surface area (Å²) in [5.41, 5.74) is 6.51. The maximum absolute atomic E-state index is 11.8. The summed E-state index contributed by atoms with van der Waals surface area (Å²) < 4.78 is 10.3. The van der Waals surface area contributed by atoms with Gasteiger partial charge in [0.05, 0.1) is 17.9 Å². The first-order chi connectivity index (χ1) is 10.6. The Kier molecular flexibility index (Phi) is 5.63. The number of nitrogens with two attached hydrogens (primary N) is 1. The molecular formula is C16H22N2O4. The quantitative estimate of drug-likeness (QED) is 0.618. The van der Waals surface area contributed by atoms with Crippen LogP contribution < -0.4 is 15.8 Å². The number of esters is 1. The summed E-state index contributed by atoms with van der Waals surface area (Å²) in [4.78, 5) is 23.4. The van der Waals surface area contributed by atoms with Crippen molar-refractivity contribution in [1.82, 2.24) is 5.32 Å². The largest absolute Gasteiger partial charge is 0.482 e. The maximum Gasteiger partial charge on any atom is 0.338 e. The minimum atomic E-state index is -0.431. The highest BCUT2D eigenvalue weighted by atomic mass is 16.5. The van der Waals surface area contributed by atoms with Crippen LogP contribution in [0.2, 0.25) is 0 Å². The Labute approximate surface area is 130 Å². The van der Waals surface area contributed by atoms with E-state index in [1.807, 2.05) is 0 Å². The number of hydrogen-bond donors (Lipinski definition) is 2. The van der Waals surface area contributed by atoms with Gasteiger partial charge in [-0.1, -0.05) is 12.8 Å². The first-order valence-electron chi connectivity index (χ1n) is 7.59. The van der Waals surface area contributed by atoms with E-state index in [0.717, 1.165) is 25.7 Å². The molecule has 0 radical (unpaired) electrons. The molecule has 1 aliphatic carbocycles. The summed E-state index contributed by atoms with van der Waals surface area (Å²) in [7, 11) is 0. The monoisotopic (exact) mass is 306 g/mol.